The zero-order valence-electron chi connectivity index (χ0n) is 14.0. The Morgan fingerprint density at radius 2 is 2.14 bits per heavy atom. The molecule has 1 aromatic heterocycles. The summed E-state index contributed by atoms with van der Waals surface area (Å²) in [6, 6.07) is 0. The number of rotatable bonds is 4. The van der Waals surface area contributed by atoms with E-state index in [0.717, 1.165) is 44.0 Å². The molecule has 6 heteroatoms. The summed E-state index contributed by atoms with van der Waals surface area (Å²) in [5, 5.41) is 6.61. The number of carbonyl (C=O) groups excluding carboxylic acids is 1. The highest BCUT2D eigenvalue weighted by Crippen LogP contribution is 2.30. The highest BCUT2D eigenvalue weighted by Gasteiger charge is 2.33. The van der Waals surface area contributed by atoms with Crippen molar-refractivity contribution in [2.75, 3.05) is 19.6 Å². The standard InChI is InChI=1S/C16H27N3O2S/c1-15(2,3)21-14(20)19-8-5-16(4,6-9-19)12-17-11-13-18-7-10-22-13/h7,10,17H,5-6,8-9,11-12H2,1-4H3. The van der Waals surface area contributed by atoms with Gasteiger partial charge in [0.15, 0.2) is 0 Å². The number of carbonyl (C=O) groups is 1. The first-order valence-electron chi connectivity index (χ1n) is 7.84. The third-order valence-corrected chi connectivity index (χ3v) is 4.71. The van der Waals surface area contributed by atoms with Crippen molar-refractivity contribution in [2.24, 2.45) is 5.41 Å². The van der Waals surface area contributed by atoms with E-state index in [2.05, 4.69) is 17.2 Å². The van der Waals surface area contributed by atoms with Crippen LogP contribution >= 0.6 is 11.3 Å². The van der Waals surface area contributed by atoms with Crippen molar-refractivity contribution in [3.63, 3.8) is 0 Å². The van der Waals surface area contributed by atoms with Crippen LogP contribution in [0.4, 0.5) is 4.79 Å². The molecule has 0 radical (unpaired) electrons. The fraction of sp³-hybridized carbons (Fsp3) is 0.750. The van der Waals surface area contributed by atoms with Crippen molar-refractivity contribution in [3.8, 4) is 0 Å². The van der Waals surface area contributed by atoms with Crippen LogP contribution in [0, 0.1) is 5.41 Å². The Bertz CT molecular complexity index is 474. The third kappa shape index (κ3) is 5.25. The zero-order chi connectivity index (χ0) is 16.2. The molecule has 2 heterocycles. The van der Waals surface area contributed by atoms with Gasteiger partial charge in [-0.25, -0.2) is 9.78 Å². The number of nitrogens with one attached hydrogen (secondary N) is 1. The molecule has 124 valence electrons. The highest BCUT2D eigenvalue weighted by atomic mass is 32.1. The van der Waals surface area contributed by atoms with E-state index >= 15 is 0 Å². The number of ether oxygens (including phenoxy) is 1. The molecular weight excluding hydrogens is 298 g/mol. The molecule has 0 saturated carbocycles. The SMILES string of the molecule is CC1(CNCc2nccs2)CCN(C(=O)OC(C)(C)C)CC1. The fourth-order valence-corrected chi connectivity index (χ4v) is 3.13. The maximum Gasteiger partial charge on any atom is 0.410 e. The Morgan fingerprint density at radius 1 is 1.45 bits per heavy atom. The first kappa shape index (κ1) is 17.2. The summed E-state index contributed by atoms with van der Waals surface area (Å²) in [6.07, 6.45) is 3.64. The molecule has 0 atom stereocenters. The number of aromatic nitrogens is 1. The summed E-state index contributed by atoms with van der Waals surface area (Å²) in [7, 11) is 0. The topological polar surface area (TPSA) is 54.5 Å². The van der Waals surface area contributed by atoms with Gasteiger partial charge in [0.1, 0.15) is 10.6 Å². The molecule has 1 aliphatic heterocycles. The second-order valence-electron chi connectivity index (χ2n) is 7.31. The Hall–Kier alpha value is -1.14. The summed E-state index contributed by atoms with van der Waals surface area (Å²) in [6.45, 7) is 11.3. The molecule has 0 aliphatic carbocycles. The van der Waals surface area contributed by atoms with Crippen molar-refractivity contribution in [1.29, 1.82) is 0 Å². The van der Waals surface area contributed by atoms with Crippen LogP contribution in [0.2, 0.25) is 0 Å². The molecule has 1 aromatic rings. The van der Waals surface area contributed by atoms with Gasteiger partial charge in [-0.05, 0) is 39.0 Å². The summed E-state index contributed by atoms with van der Waals surface area (Å²) in [5.74, 6) is 0. The third-order valence-electron chi connectivity index (χ3n) is 3.93. The van der Waals surface area contributed by atoms with Crippen molar-refractivity contribution < 1.29 is 9.53 Å². The number of likely N-dealkylation sites (tertiary alicyclic amines) is 1. The van der Waals surface area contributed by atoms with Crippen molar-refractivity contribution in [2.45, 2.75) is 52.7 Å². The Balaban J connectivity index is 1.74. The number of thiazole rings is 1. The molecule has 2 rings (SSSR count). The van der Waals surface area contributed by atoms with Gasteiger partial charge < -0.3 is 15.0 Å². The number of piperidine rings is 1. The lowest BCUT2D eigenvalue weighted by Crippen LogP contribution is -2.47. The van der Waals surface area contributed by atoms with Crippen molar-refractivity contribution in [3.05, 3.63) is 16.6 Å². The van der Waals surface area contributed by atoms with Gasteiger partial charge in [-0.1, -0.05) is 6.92 Å². The molecule has 1 aliphatic rings. The Labute approximate surface area is 137 Å². The molecule has 1 saturated heterocycles. The Morgan fingerprint density at radius 3 is 2.68 bits per heavy atom. The van der Waals surface area contributed by atoms with E-state index < -0.39 is 5.60 Å². The van der Waals surface area contributed by atoms with Crippen LogP contribution in [-0.4, -0.2) is 41.2 Å². The summed E-state index contributed by atoms with van der Waals surface area (Å²) >= 11 is 1.67. The molecule has 0 unspecified atom stereocenters. The average Bonchev–Trinajstić information content (AvgIpc) is 2.90. The van der Waals surface area contributed by atoms with Crippen molar-refractivity contribution in [1.82, 2.24) is 15.2 Å². The van der Waals surface area contributed by atoms with Gasteiger partial charge >= 0.3 is 6.09 Å². The van der Waals surface area contributed by atoms with Gasteiger partial charge in [0.2, 0.25) is 0 Å². The van der Waals surface area contributed by atoms with Gasteiger partial charge in [0.05, 0.1) is 0 Å². The Kier molecular flexibility index (Phi) is 5.45. The predicted molar refractivity (Wildman–Crippen MR) is 89.0 cm³/mol. The van der Waals surface area contributed by atoms with Crippen LogP contribution < -0.4 is 5.32 Å². The minimum Gasteiger partial charge on any atom is -0.444 e. The number of amides is 1. The summed E-state index contributed by atoms with van der Waals surface area (Å²) in [5.41, 5.74) is -0.192. The molecule has 1 fully saturated rings. The van der Waals surface area contributed by atoms with Crippen molar-refractivity contribution >= 4 is 17.4 Å². The maximum atomic E-state index is 12.1. The fourth-order valence-electron chi connectivity index (χ4n) is 2.54. The number of nitrogens with zero attached hydrogens (tertiary/aromatic N) is 2. The lowest BCUT2D eigenvalue weighted by atomic mass is 9.80. The quantitative estimate of drug-likeness (QED) is 0.923. The molecule has 0 bridgehead atoms. The first-order valence-corrected chi connectivity index (χ1v) is 8.72. The van der Waals surface area contributed by atoms with Crippen LogP contribution in [-0.2, 0) is 11.3 Å². The van der Waals surface area contributed by atoms with E-state index in [0.29, 0.717) is 0 Å². The summed E-state index contributed by atoms with van der Waals surface area (Å²) < 4.78 is 5.44. The van der Waals surface area contributed by atoms with Crippen LogP contribution in [0.5, 0.6) is 0 Å². The normalized spacial score (nSPS) is 18.3. The average molecular weight is 325 g/mol. The summed E-state index contributed by atoms with van der Waals surface area (Å²) in [4.78, 5) is 18.2. The molecular formula is C16H27N3O2S. The van der Waals surface area contributed by atoms with E-state index in [1.165, 1.54) is 0 Å². The second-order valence-corrected chi connectivity index (χ2v) is 8.29. The van der Waals surface area contributed by atoms with Crippen LogP contribution in [0.3, 0.4) is 0 Å². The lowest BCUT2D eigenvalue weighted by Gasteiger charge is -2.39. The molecule has 0 spiro atoms. The van der Waals surface area contributed by atoms with E-state index in [1.807, 2.05) is 37.2 Å². The van der Waals surface area contributed by atoms with Gasteiger partial charge in [0.25, 0.3) is 0 Å². The molecule has 5 nitrogen and oxygen atoms in total. The van der Waals surface area contributed by atoms with Crippen LogP contribution in [0.1, 0.15) is 45.5 Å². The minimum atomic E-state index is -0.424. The minimum absolute atomic E-state index is 0.190. The number of hydrogen-bond acceptors (Lipinski definition) is 5. The van der Waals surface area contributed by atoms with Gasteiger partial charge in [-0.15, -0.1) is 11.3 Å². The highest BCUT2D eigenvalue weighted by molar-refractivity contribution is 7.09. The zero-order valence-corrected chi connectivity index (χ0v) is 14.8. The smallest absolute Gasteiger partial charge is 0.410 e. The lowest BCUT2D eigenvalue weighted by molar-refractivity contribution is 0.0119. The number of hydrogen-bond donors (Lipinski definition) is 1. The molecule has 1 N–H and O–H groups in total. The molecule has 22 heavy (non-hydrogen) atoms. The molecule has 0 aromatic carbocycles. The van der Waals surface area contributed by atoms with Gasteiger partial charge in [-0.3, -0.25) is 0 Å². The molecule has 1 amide bonds. The monoisotopic (exact) mass is 325 g/mol. The maximum absolute atomic E-state index is 12.1. The second kappa shape index (κ2) is 6.96. The predicted octanol–water partition coefficient (Wildman–Crippen LogP) is 3.27. The van der Waals surface area contributed by atoms with Crippen LogP contribution in [0.15, 0.2) is 11.6 Å². The van der Waals surface area contributed by atoms with Gasteiger partial charge in [-0.2, -0.15) is 0 Å². The first-order chi connectivity index (χ1) is 10.3. The van der Waals surface area contributed by atoms with E-state index in [4.69, 9.17) is 4.74 Å². The van der Waals surface area contributed by atoms with E-state index in [9.17, 15) is 4.79 Å². The van der Waals surface area contributed by atoms with Gasteiger partial charge in [0, 0.05) is 37.8 Å². The van der Waals surface area contributed by atoms with E-state index in [1.54, 1.807) is 11.3 Å². The van der Waals surface area contributed by atoms with Crippen LogP contribution in [0.25, 0.3) is 0 Å². The largest absolute Gasteiger partial charge is 0.444 e. The van der Waals surface area contributed by atoms with E-state index in [-0.39, 0.29) is 11.5 Å².